The summed E-state index contributed by atoms with van der Waals surface area (Å²) in [5.41, 5.74) is 1.19. The van der Waals surface area contributed by atoms with Gasteiger partial charge in [0.15, 0.2) is 0 Å². The van der Waals surface area contributed by atoms with Gasteiger partial charge in [-0.25, -0.2) is 0 Å². The van der Waals surface area contributed by atoms with Gasteiger partial charge in [-0.1, -0.05) is 0 Å². The maximum atomic E-state index is 9.95. The number of nitrogens with zero attached hydrogens (tertiary/aromatic N) is 4. The van der Waals surface area contributed by atoms with Crippen LogP contribution in [0.4, 0.5) is 0 Å². The molecule has 3 fully saturated rings. The molecule has 0 saturated carbocycles. The van der Waals surface area contributed by atoms with Crippen LogP contribution in [0.3, 0.4) is 0 Å². The second-order valence-corrected chi connectivity index (χ2v) is 8.32. The molecule has 0 atom stereocenters. The van der Waals surface area contributed by atoms with Crippen molar-refractivity contribution in [2.45, 2.75) is 19.8 Å². The molecule has 0 radical (unpaired) electrons. The number of likely N-dealkylation sites (tertiary alicyclic amines) is 1. The minimum atomic E-state index is -0.733. The third kappa shape index (κ3) is 4.04. The number of hydrogen-bond acceptors (Lipinski definition) is 6. The third-order valence-corrected chi connectivity index (χ3v) is 7.44. The summed E-state index contributed by atoms with van der Waals surface area (Å²) in [5, 5.41) is 10.9. The van der Waals surface area contributed by atoms with Crippen LogP contribution in [0, 0.1) is 11.3 Å². The number of nitriles is 1. The smallest absolute Gasteiger partial charge is 0.104 e. The van der Waals surface area contributed by atoms with Crippen LogP contribution in [0.1, 0.15) is 19.8 Å². The lowest BCUT2D eigenvalue weighted by molar-refractivity contribution is 0.0590. The molecule has 3 rings (SSSR count). The minimum Gasteiger partial charge on any atom is -0.379 e. The van der Waals surface area contributed by atoms with Gasteiger partial charge in [0.2, 0.25) is 0 Å². The Labute approximate surface area is 140 Å². The zero-order chi connectivity index (χ0) is 16.1. The van der Waals surface area contributed by atoms with Crippen LogP contribution in [-0.2, 0) is 9.47 Å². The molecule has 128 valence electrons. The summed E-state index contributed by atoms with van der Waals surface area (Å²) in [5.74, 6) is 0. The van der Waals surface area contributed by atoms with Crippen LogP contribution in [0.5, 0.6) is 0 Å². The summed E-state index contributed by atoms with van der Waals surface area (Å²) in [6.07, 6.45) is 2.48. The van der Waals surface area contributed by atoms with Gasteiger partial charge in [0, 0.05) is 45.0 Å². The molecule has 6 nitrogen and oxygen atoms in total. The Morgan fingerprint density at radius 2 is 1.35 bits per heavy atom. The zero-order valence-corrected chi connectivity index (χ0v) is 14.9. The van der Waals surface area contributed by atoms with Crippen molar-refractivity contribution < 1.29 is 9.47 Å². The fourth-order valence-electron chi connectivity index (χ4n) is 3.42. The Hall–Kier alpha value is -0.700. The molecular weight excluding hydrogens is 311 g/mol. The van der Waals surface area contributed by atoms with E-state index in [2.05, 4.69) is 27.2 Å². The van der Waals surface area contributed by atoms with Gasteiger partial charge >= 0.3 is 0 Å². The Bertz CT molecular complexity index is 443. The second-order valence-electron chi connectivity index (χ2n) is 6.16. The molecule has 3 aliphatic heterocycles. The molecule has 0 spiro atoms. The van der Waals surface area contributed by atoms with Crippen LogP contribution in [0.25, 0.3) is 0 Å². The van der Waals surface area contributed by atoms with Gasteiger partial charge in [-0.05, 0) is 19.8 Å². The monoisotopic (exact) mass is 338 g/mol. The first-order chi connectivity index (χ1) is 11.3. The summed E-state index contributed by atoms with van der Waals surface area (Å²) in [6, 6.07) is 2.58. The largest absolute Gasteiger partial charge is 0.379 e. The predicted molar refractivity (Wildman–Crippen MR) is 90.8 cm³/mol. The molecule has 0 aromatic heterocycles. The van der Waals surface area contributed by atoms with Gasteiger partial charge in [-0.3, -0.25) is 9.34 Å². The van der Waals surface area contributed by atoms with E-state index in [-0.39, 0.29) is 0 Å². The molecule has 0 bridgehead atoms. The topological polar surface area (TPSA) is 52.0 Å². The molecule has 0 aromatic rings. The van der Waals surface area contributed by atoms with E-state index >= 15 is 0 Å². The number of morpholine rings is 2. The molecular formula is C16H27N4O2P. The van der Waals surface area contributed by atoms with Gasteiger partial charge in [0.05, 0.1) is 34.7 Å². The van der Waals surface area contributed by atoms with Gasteiger partial charge in [-0.15, -0.1) is 0 Å². The summed E-state index contributed by atoms with van der Waals surface area (Å²) in [7, 11) is -0.733. The Morgan fingerprint density at radius 1 is 0.870 bits per heavy atom. The van der Waals surface area contributed by atoms with Crippen LogP contribution in [0.15, 0.2) is 11.0 Å². The van der Waals surface area contributed by atoms with E-state index in [1.165, 1.54) is 18.5 Å². The first-order valence-electron chi connectivity index (χ1n) is 8.62. The highest BCUT2D eigenvalue weighted by atomic mass is 31.1. The maximum Gasteiger partial charge on any atom is 0.104 e. The van der Waals surface area contributed by atoms with E-state index in [1.807, 2.05) is 0 Å². The lowest BCUT2D eigenvalue weighted by Crippen LogP contribution is -2.41. The third-order valence-electron chi connectivity index (χ3n) is 4.74. The normalized spacial score (nSPS) is 25.5. The molecule has 7 heteroatoms. The molecule has 0 aromatic carbocycles. The highest BCUT2D eigenvalue weighted by molar-refractivity contribution is 7.57. The molecule has 0 unspecified atom stereocenters. The number of ether oxygens (including phenoxy) is 2. The SMILES string of the molecule is C/C(=C(/C#N)P(N1CCOCC1)N1CCOCC1)N1CCCC1. The van der Waals surface area contributed by atoms with Crippen molar-refractivity contribution in [2.75, 3.05) is 65.7 Å². The van der Waals surface area contributed by atoms with Gasteiger partial charge in [0.1, 0.15) is 11.4 Å². The Balaban J connectivity index is 1.87. The van der Waals surface area contributed by atoms with Gasteiger partial charge in [0.25, 0.3) is 0 Å². The summed E-state index contributed by atoms with van der Waals surface area (Å²) >= 11 is 0. The fraction of sp³-hybridized carbons (Fsp3) is 0.812. The number of hydrogen-bond donors (Lipinski definition) is 0. The molecule has 0 N–H and O–H groups in total. The van der Waals surface area contributed by atoms with Crippen LogP contribution < -0.4 is 0 Å². The van der Waals surface area contributed by atoms with E-state index in [4.69, 9.17) is 9.47 Å². The van der Waals surface area contributed by atoms with E-state index in [9.17, 15) is 5.26 Å². The van der Waals surface area contributed by atoms with E-state index in [0.717, 1.165) is 71.0 Å². The summed E-state index contributed by atoms with van der Waals surface area (Å²) < 4.78 is 16.0. The minimum absolute atomic E-state index is 0.733. The van der Waals surface area contributed by atoms with Crippen molar-refractivity contribution in [2.24, 2.45) is 0 Å². The average Bonchev–Trinajstić information content (AvgIpc) is 3.15. The second kappa shape index (κ2) is 8.41. The van der Waals surface area contributed by atoms with E-state index in [0.29, 0.717) is 0 Å². The van der Waals surface area contributed by atoms with Crippen molar-refractivity contribution >= 4 is 8.22 Å². The summed E-state index contributed by atoms with van der Waals surface area (Å²) in [6.45, 7) is 11.1. The molecule has 3 heterocycles. The highest BCUT2D eigenvalue weighted by Gasteiger charge is 2.33. The van der Waals surface area contributed by atoms with Crippen LogP contribution in [0.2, 0.25) is 0 Å². The predicted octanol–water partition coefficient (Wildman–Crippen LogP) is 1.81. The van der Waals surface area contributed by atoms with E-state index < -0.39 is 8.22 Å². The first-order valence-corrected chi connectivity index (χ1v) is 9.87. The van der Waals surface area contributed by atoms with Crippen LogP contribution in [-0.4, -0.2) is 79.9 Å². The van der Waals surface area contributed by atoms with Crippen molar-refractivity contribution in [3.05, 3.63) is 11.0 Å². The lowest BCUT2D eigenvalue weighted by Gasteiger charge is -2.42. The Morgan fingerprint density at radius 3 is 1.78 bits per heavy atom. The molecule has 0 amide bonds. The molecule has 3 saturated heterocycles. The lowest BCUT2D eigenvalue weighted by atomic mass is 10.4. The van der Waals surface area contributed by atoms with Crippen molar-refractivity contribution in [3.63, 3.8) is 0 Å². The maximum absolute atomic E-state index is 9.95. The quantitative estimate of drug-likeness (QED) is 0.576. The van der Waals surface area contributed by atoms with Crippen molar-refractivity contribution in [1.82, 2.24) is 14.2 Å². The summed E-state index contributed by atoms with van der Waals surface area (Å²) in [4.78, 5) is 2.40. The first kappa shape index (κ1) is 17.1. The molecule has 0 aliphatic carbocycles. The average molecular weight is 338 g/mol. The van der Waals surface area contributed by atoms with E-state index in [1.54, 1.807) is 0 Å². The van der Waals surface area contributed by atoms with Crippen LogP contribution >= 0.6 is 8.22 Å². The van der Waals surface area contributed by atoms with Crippen molar-refractivity contribution in [1.29, 1.82) is 5.26 Å². The van der Waals surface area contributed by atoms with Gasteiger partial charge < -0.3 is 14.4 Å². The molecule has 3 aliphatic rings. The number of allylic oxidation sites excluding steroid dienone is 2. The highest BCUT2D eigenvalue weighted by Crippen LogP contribution is 2.53. The van der Waals surface area contributed by atoms with Crippen molar-refractivity contribution in [3.8, 4) is 6.07 Å². The zero-order valence-electron chi connectivity index (χ0n) is 14.0. The standard InChI is InChI=1S/C16H27N4O2P/c1-15(18-4-2-3-5-18)16(14-17)23(19-6-10-21-11-7-19)20-8-12-22-13-9-20/h2-13H2,1H3/b16-15+. The number of rotatable bonds is 4. The Kier molecular flexibility index (Phi) is 6.27. The fourth-order valence-corrected chi connectivity index (χ4v) is 5.95. The van der Waals surface area contributed by atoms with Gasteiger partial charge in [-0.2, -0.15) is 5.26 Å². The molecule has 23 heavy (non-hydrogen) atoms.